The Morgan fingerprint density at radius 3 is 2.05 bits per heavy atom. The number of carboxylic acid groups (broad SMARTS) is 2. The highest BCUT2D eigenvalue weighted by molar-refractivity contribution is 5.94. The molecule has 2 aromatic rings. The molecule has 6 nitrogen and oxygen atoms in total. The zero-order chi connectivity index (χ0) is 14.5. The molecule has 0 bridgehead atoms. The number of hydrogen-bond donors (Lipinski definition) is 2. The normalized spacial score (nSPS) is 10.0. The van der Waals surface area contributed by atoms with Crippen LogP contribution in [0.15, 0.2) is 42.7 Å². The monoisotopic (exact) mass is 273 g/mol. The molecule has 0 radical (unpaired) electrons. The molecular weight excluding hydrogens is 262 g/mol. The highest BCUT2D eigenvalue weighted by Gasteiger charge is 2.12. The molecule has 102 valence electrons. The number of carboxylic acids is 2. The highest BCUT2D eigenvalue weighted by atomic mass is 16.5. The fraction of sp³-hybridized carbons (Fsp3) is 0.0714. The molecule has 1 aromatic heterocycles. The van der Waals surface area contributed by atoms with Crippen LogP contribution < -0.4 is 4.74 Å². The average Bonchev–Trinajstić information content (AvgIpc) is 2.45. The second-order valence-electron chi connectivity index (χ2n) is 4.00. The van der Waals surface area contributed by atoms with Crippen LogP contribution in [-0.4, -0.2) is 27.1 Å². The first-order valence-electron chi connectivity index (χ1n) is 5.69. The summed E-state index contributed by atoms with van der Waals surface area (Å²) >= 11 is 0. The molecule has 20 heavy (non-hydrogen) atoms. The first-order chi connectivity index (χ1) is 9.56. The molecule has 0 saturated heterocycles. The van der Waals surface area contributed by atoms with Crippen molar-refractivity contribution in [3.63, 3.8) is 0 Å². The number of benzene rings is 1. The average molecular weight is 273 g/mol. The van der Waals surface area contributed by atoms with Crippen molar-refractivity contribution in [2.75, 3.05) is 0 Å². The van der Waals surface area contributed by atoms with Gasteiger partial charge in [-0.2, -0.15) is 0 Å². The summed E-state index contributed by atoms with van der Waals surface area (Å²) in [6.45, 7) is 0.199. The van der Waals surface area contributed by atoms with Crippen molar-refractivity contribution in [1.82, 2.24) is 4.98 Å². The number of aromatic nitrogens is 1. The van der Waals surface area contributed by atoms with Crippen LogP contribution in [0, 0.1) is 0 Å². The smallest absolute Gasteiger partial charge is 0.335 e. The minimum atomic E-state index is -1.21. The number of ether oxygens (including phenoxy) is 1. The van der Waals surface area contributed by atoms with Gasteiger partial charge in [-0.25, -0.2) is 9.59 Å². The van der Waals surface area contributed by atoms with E-state index in [0.29, 0.717) is 0 Å². The van der Waals surface area contributed by atoms with Gasteiger partial charge in [-0.05, 0) is 35.9 Å². The molecule has 0 atom stereocenters. The van der Waals surface area contributed by atoms with Crippen molar-refractivity contribution in [2.45, 2.75) is 6.61 Å². The quantitative estimate of drug-likeness (QED) is 0.865. The van der Waals surface area contributed by atoms with E-state index in [1.807, 2.05) is 0 Å². The van der Waals surface area contributed by atoms with Gasteiger partial charge in [-0.15, -0.1) is 0 Å². The van der Waals surface area contributed by atoms with E-state index < -0.39 is 11.9 Å². The van der Waals surface area contributed by atoms with Crippen LogP contribution in [0.5, 0.6) is 5.75 Å². The predicted octanol–water partition coefficient (Wildman–Crippen LogP) is 2.06. The summed E-state index contributed by atoms with van der Waals surface area (Å²) in [6.07, 6.45) is 3.21. The summed E-state index contributed by atoms with van der Waals surface area (Å²) in [5, 5.41) is 17.9. The van der Waals surface area contributed by atoms with Crippen molar-refractivity contribution in [3.8, 4) is 5.75 Å². The number of aromatic carboxylic acids is 2. The van der Waals surface area contributed by atoms with Gasteiger partial charge in [0.2, 0.25) is 0 Å². The number of rotatable bonds is 5. The molecule has 0 saturated carbocycles. The molecule has 1 aromatic carbocycles. The first-order valence-corrected chi connectivity index (χ1v) is 5.69. The summed E-state index contributed by atoms with van der Waals surface area (Å²) in [4.78, 5) is 25.8. The Hall–Kier alpha value is -2.89. The standard InChI is InChI=1S/C14H11NO5/c16-13(17)10-5-11(14(18)19)7-12(6-10)20-8-9-1-3-15-4-2-9/h1-7H,8H2,(H,16,17)(H,18,19). The molecule has 0 unspecified atom stereocenters. The van der Waals surface area contributed by atoms with E-state index in [2.05, 4.69) is 4.98 Å². The molecule has 0 amide bonds. The number of hydrogen-bond acceptors (Lipinski definition) is 4. The Morgan fingerprint density at radius 2 is 1.55 bits per heavy atom. The summed E-state index contributed by atoms with van der Waals surface area (Å²) in [5.41, 5.74) is 0.585. The third-order valence-corrected chi connectivity index (χ3v) is 2.56. The van der Waals surface area contributed by atoms with Gasteiger partial charge in [0.05, 0.1) is 11.1 Å². The second kappa shape index (κ2) is 5.83. The highest BCUT2D eigenvalue weighted by Crippen LogP contribution is 2.19. The van der Waals surface area contributed by atoms with E-state index in [4.69, 9.17) is 14.9 Å². The molecule has 2 N–H and O–H groups in total. The van der Waals surface area contributed by atoms with Gasteiger partial charge in [0.1, 0.15) is 12.4 Å². The lowest BCUT2D eigenvalue weighted by molar-refractivity contribution is 0.0696. The lowest BCUT2D eigenvalue weighted by Crippen LogP contribution is -2.04. The van der Waals surface area contributed by atoms with Gasteiger partial charge in [0.25, 0.3) is 0 Å². The molecule has 6 heteroatoms. The maximum absolute atomic E-state index is 10.9. The van der Waals surface area contributed by atoms with E-state index >= 15 is 0 Å². The topological polar surface area (TPSA) is 96.7 Å². The van der Waals surface area contributed by atoms with Crippen molar-refractivity contribution < 1.29 is 24.5 Å². The minimum Gasteiger partial charge on any atom is -0.489 e. The Bertz CT molecular complexity index is 607. The van der Waals surface area contributed by atoms with E-state index in [1.165, 1.54) is 12.1 Å². The van der Waals surface area contributed by atoms with Crippen molar-refractivity contribution in [1.29, 1.82) is 0 Å². The zero-order valence-corrected chi connectivity index (χ0v) is 10.3. The van der Waals surface area contributed by atoms with Crippen LogP contribution in [0.1, 0.15) is 26.3 Å². The van der Waals surface area contributed by atoms with Gasteiger partial charge in [0.15, 0.2) is 0 Å². The van der Waals surface area contributed by atoms with Crippen molar-refractivity contribution in [2.24, 2.45) is 0 Å². The van der Waals surface area contributed by atoms with Gasteiger partial charge < -0.3 is 14.9 Å². The van der Waals surface area contributed by atoms with Gasteiger partial charge in [0, 0.05) is 12.4 Å². The maximum atomic E-state index is 10.9. The van der Waals surface area contributed by atoms with E-state index in [0.717, 1.165) is 11.6 Å². The van der Waals surface area contributed by atoms with E-state index in [9.17, 15) is 9.59 Å². The van der Waals surface area contributed by atoms with Crippen LogP contribution in [-0.2, 0) is 6.61 Å². The molecule has 0 aliphatic rings. The van der Waals surface area contributed by atoms with Crippen molar-refractivity contribution in [3.05, 3.63) is 59.4 Å². The molecular formula is C14H11NO5. The Labute approximate surface area is 114 Å². The molecule has 0 aliphatic carbocycles. The summed E-state index contributed by atoms with van der Waals surface area (Å²) in [7, 11) is 0. The SMILES string of the molecule is O=C(O)c1cc(OCc2ccncc2)cc(C(=O)O)c1. The Balaban J connectivity index is 2.22. The summed E-state index contributed by atoms with van der Waals surface area (Å²) < 4.78 is 5.42. The first kappa shape index (κ1) is 13.5. The lowest BCUT2D eigenvalue weighted by Gasteiger charge is -2.08. The van der Waals surface area contributed by atoms with Crippen LogP contribution in [0.2, 0.25) is 0 Å². The largest absolute Gasteiger partial charge is 0.489 e. The molecule has 0 aliphatic heterocycles. The minimum absolute atomic E-state index is 0.130. The maximum Gasteiger partial charge on any atom is 0.335 e. The molecule has 0 fully saturated rings. The fourth-order valence-corrected chi connectivity index (χ4v) is 1.58. The number of carbonyl (C=O) groups is 2. The van der Waals surface area contributed by atoms with E-state index in [-0.39, 0.29) is 23.5 Å². The summed E-state index contributed by atoms with van der Waals surface area (Å²) in [5.74, 6) is -2.22. The third kappa shape index (κ3) is 3.32. The van der Waals surface area contributed by atoms with Crippen LogP contribution in [0.4, 0.5) is 0 Å². The third-order valence-electron chi connectivity index (χ3n) is 2.56. The molecule has 2 rings (SSSR count). The predicted molar refractivity (Wildman–Crippen MR) is 68.9 cm³/mol. The van der Waals surface area contributed by atoms with Crippen LogP contribution >= 0.6 is 0 Å². The Kier molecular flexibility index (Phi) is 3.95. The van der Waals surface area contributed by atoms with Crippen LogP contribution in [0.25, 0.3) is 0 Å². The fourth-order valence-electron chi connectivity index (χ4n) is 1.58. The molecule has 1 heterocycles. The number of nitrogens with zero attached hydrogens (tertiary/aromatic N) is 1. The lowest BCUT2D eigenvalue weighted by atomic mass is 10.1. The molecule has 0 spiro atoms. The number of pyridine rings is 1. The van der Waals surface area contributed by atoms with Gasteiger partial charge >= 0.3 is 11.9 Å². The van der Waals surface area contributed by atoms with Gasteiger partial charge in [-0.1, -0.05) is 0 Å². The summed E-state index contributed by atoms with van der Waals surface area (Å²) in [6, 6.07) is 7.16. The van der Waals surface area contributed by atoms with Crippen molar-refractivity contribution >= 4 is 11.9 Å². The van der Waals surface area contributed by atoms with Gasteiger partial charge in [-0.3, -0.25) is 4.98 Å². The van der Waals surface area contributed by atoms with E-state index in [1.54, 1.807) is 24.5 Å². The van der Waals surface area contributed by atoms with Crippen LogP contribution in [0.3, 0.4) is 0 Å². The second-order valence-corrected chi connectivity index (χ2v) is 4.00. The zero-order valence-electron chi connectivity index (χ0n) is 10.3. The Morgan fingerprint density at radius 1 is 1.00 bits per heavy atom.